The lowest BCUT2D eigenvalue weighted by Crippen LogP contribution is -2.29. The van der Waals surface area contributed by atoms with Gasteiger partial charge in [0.1, 0.15) is 5.37 Å². The van der Waals surface area contributed by atoms with Gasteiger partial charge in [0.15, 0.2) is 0 Å². The number of nitrogens with zero attached hydrogens (tertiary/aromatic N) is 1. The summed E-state index contributed by atoms with van der Waals surface area (Å²) < 4.78 is 0. The van der Waals surface area contributed by atoms with Gasteiger partial charge in [-0.05, 0) is 46.7 Å². The number of rotatable bonds is 5. The highest BCUT2D eigenvalue weighted by Gasteiger charge is 2.36. The van der Waals surface area contributed by atoms with Crippen molar-refractivity contribution in [2.45, 2.75) is 51.3 Å². The molecule has 5 heteroatoms. The Bertz CT molecular complexity index is 1200. The number of benzene rings is 3. The minimum atomic E-state index is -0.202. The van der Waals surface area contributed by atoms with E-state index in [4.69, 9.17) is 0 Å². The zero-order chi connectivity index (χ0) is 24.5. The smallest absolute Gasteiger partial charge is 0.255 e. The highest BCUT2D eigenvalue weighted by atomic mass is 32.2. The van der Waals surface area contributed by atoms with Crippen LogP contribution in [0.25, 0.3) is 0 Å². The van der Waals surface area contributed by atoms with Crippen molar-refractivity contribution in [3.8, 4) is 0 Å². The third-order valence-corrected chi connectivity index (χ3v) is 7.37. The molecule has 34 heavy (non-hydrogen) atoms. The summed E-state index contributed by atoms with van der Waals surface area (Å²) in [4.78, 5) is 28.0. The lowest BCUT2D eigenvalue weighted by Gasteiger charge is -2.29. The average Bonchev–Trinajstić information content (AvgIpc) is 3.19. The van der Waals surface area contributed by atoms with E-state index < -0.39 is 0 Å². The summed E-state index contributed by atoms with van der Waals surface area (Å²) in [7, 11) is 0. The first kappa shape index (κ1) is 24.1. The lowest BCUT2D eigenvalue weighted by atomic mass is 9.86. The molecule has 1 atom stereocenters. The van der Waals surface area contributed by atoms with E-state index in [0.29, 0.717) is 17.2 Å². The van der Waals surface area contributed by atoms with Crippen molar-refractivity contribution in [1.82, 2.24) is 0 Å². The maximum atomic E-state index is 13.1. The van der Waals surface area contributed by atoms with Crippen molar-refractivity contribution in [2.75, 3.05) is 16.0 Å². The summed E-state index contributed by atoms with van der Waals surface area (Å²) in [6.07, 6.45) is 0. The third-order valence-electron chi connectivity index (χ3n) is 6.17. The van der Waals surface area contributed by atoms with Crippen LogP contribution in [0.2, 0.25) is 0 Å². The molecule has 2 amide bonds. The van der Waals surface area contributed by atoms with E-state index in [-0.39, 0.29) is 22.6 Å². The third kappa shape index (κ3) is 4.90. The van der Waals surface area contributed by atoms with Crippen molar-refractivity contribution in [2.24, 2.45) is 0 Å². The van der Waals surface area contributed by atoms with E-state index >= 15 is 0 Å². The molecule has 0 bridgehead atoms. The molecule has 1 aliphatic heterocycles. The Labute approximate surface area is 206 Å². The molecule has 0 aromatic heterocycles. The summed E-state index contributed by atoms with van der Waals surface area (Å²) in [5, 5.41) is 2.89. The quantitative estimate of drug-likeness (QED) is 0.429. The van der Waals surface area contributed by atoms with Crippen molar-refractivity contribution < 1.29 is 9.59 Å². The zero-order valence-electron chi connectivity index (χ0n) is 20.5. The van der Waals surface area contributed by atoms with Gasteiger partial charge in [0, 0.05) is 22.5 Å². The Morgan fingerprint density at radius 1 is 0.971 bits per heavy atom. The number of carbonyl (C=O) groups is 2. The highest BCUT2D eigenvalue weighted by Crippen LogP contribution is 2.46. The average molecular weight is 473 g/mol. The first-order valence-electron chi connectivity index (χ1n) is 11.7. The van der Waals surface area contributed by atoms with Crippen LogP contribution in [0.15, 0.2) is 72.8 Å². The first-order chi connectivity index (χ1) is 16.2. The molecule has 1 saturated heterocycles. The monoisotopic (exact) mass is 472 g/mol. The lowest BCUT2D eigenvalue weighted by molar-refractivity contribution is -0.115. The van der Waals surface area contributed by atoms with Crippen LogP contribution in [0.1, 0.15) is 73.0 Å². The van der Waals surface area contributed by atoms with E-state index in [1.54, 1.807) is 11.8 Å². The Morgan fingerprint density at radius 2 is 1.62 bits per heavy atom. The molecule has 3 aromatic carbocycles. The van der Waals surface area contributed by atoms with Crippen LogP contribution < -0.4 is 10.2 Å². The van der Waals surface area contributed by atoms with Crippen LogP contribution in [0, 0.1) is 0 Å². The minimum absolute atomic E-state index is 0.0313. The number of nitrogens with one attached hydrogen (secondary N) is 1. The summed E-state index contributed by atoms with van der Waals surface area (Å²) >= 11 is 1.59. The second kappa shape index (κ2) is 9.67. The van der Waals surface area contributed by atoms with Crippen molar-refractivity contribution in [3.05, 3.63) is 95.1 Å². The van der Waals surface area contributed by atoms with Crippen LogP contribution in [0.4, 0.5) is 11.4 Å². The minimum Gasteiger partial charge on any atom is -0.322 e. The van der Waals surface area contributed by atoms with Crippen LogP contribution in [0.3, 0.4) is 0 Å². The normalized spacial score (nSPS) is 16.2. The van der Waals surface area contributed by atoms with Crippen LogP contribution in [0.5, 0.6) is 0 Å². The predicted molar refractivity (Wildman–Crippen MR) is 143 cm³/mol. The molecule has 1 aliphatic rings. The van der Waals surface area contributed by atoms with E-state index in [1.165, 1.54) is 5.56 Å². The summed E-state index contributed by atoms with van der Waals surface area (Å²) in [6, 6.07) is 23.6. The molecule has 0 unspecified atom stereocenters. The Hall–Kier alpha value is -3.05. The van der Waals surface area contributed by atoms with Gasteiger partial charge in [0.05, 0.1) is 5.75 Å². The Morgan fingerprint density at radius 3 is 2.29 bits per heavy atom. The van der Waals surface area contributed by atoms with E-state index in [2.05, 4.69) is 46.0 Å². The SMILES string of the molecule is CC(C)c1ccccc1N1C(=O)CS[C@@H]1c1ccccc1NC(=O)c1ccc(C(C)(C)C)cc1. The highest BCUT2D eigenvalue weighted by molar-refractivity contribution is 8.00. The Balaban J connectivity index is 1.64. The molecular formula is C29H32N2O2S. The number of amides is 2. The first-order valence-corrected chi connectivity index (χ1v) is 12.7. The zero-order valence-corrected chi connectivity index (χ0v) is 21.3. The van der Waals surface area contributed by atoms with Gasteiger partial charge in [0.25, 0.3) is 5.91 Å². The fourth-order valence-electron chi connectivity index (χ4n) is 4.25. The van der Waals surface area contributed by atoms with Gasteiger partial charge >= 0.3 is 0 Å². The van der Waals surface area contributed by atoms with Crippen molar-refractivity contribution in [3.63, 3.8) is 0 Å². The van der Waals surface area contributed by atoms with Gasteiger partial charge in [-0.2, -0.15) is 0 Å². The number of hydrogen-bond donors (Lipinski definition) is 1. The fourth-order valence-corrected chi connectivity index (χ4v) is 5.46. The molecular weight excluding hydrogens is 440 g/mol. The van der Waals surface area contributed by atoms with E-state index in [0.717, 1.165) is 22.5 Å². The molecule has 1 fully saturated rings. The molecule has 0 radical (unpaired) electrons. The number of anilines is 2. The topological polar surface area (TPSA) is 49.4 Å². The molecule has 3 aromatic rings. The fraction of sp³-hybridized carbons (Fsp3) is 0.310. The van der Waals surface area contributed by atoms with Crippen LogP contribution in [-0.2, 0) is 10.2 Å². The number of carbonyl (C=O) groups excluding carboxylic acids is 2. The number of thioether (sulfide) groups is 1. The molecule has 4 rings (SSSR count). The van der Waals surface area contributed by atoms with Crippen molar-refractivity contribution >= 4 is 35.0 Å². The van der Waals surface area contributed by atoms with Crippen LogP contribution >= 0.6 is 11.8 Å². The molecule has 176 valence electrons. The Kier molecular flexibility index (Phi) is 6.85. The second-order valence-corrected chi connectivity index (χ2v) is 11.1. The summed E-state index contributed by atoms with van der Waals surface area (Å²) in [5.41, 5.74) is 5.57. The summed E-state index contributed by atoms with van der Waals surface area (Å²) in [5.74, 6) is 0.632. The number of hydrogen-bond acceptors (Lipinski definition) is 3. The maximum absolute atomic E-state index is 13.1. The van der Waals surface area contributed by atoms with Crippen LogP contribution in [-0.4, -0.2) is 17.6 Å². The maximum Gasteiger partial charge on any atom is 0.255 e. The number of para-hydroxylation sites is 2. The van der Waals surface area contributed by atoms with Crippen molar-refractivity contribution in [1.29, 1.82) is 0 Å². The molecule has 1 heterocycles. The van der Waals surface area contributed by atoms with Gasteiger partial charge in [-0.3, -0.25) is 14.5 Å². The standard InChI is InChI=1S/C29H32N2O2S/c1-19(2)22-10-7-9-13-25(22)31-26(32)18-34-28(31)23-11-6-8-12-24(23)30-27(33)20-14-16-21(17-15-20)29(3,4)5/h6-17,19,28H,18H2,1-5H3,(H,30,33)/t28-/m1/s1. The molecule has 4 nitrogen and oxygen atoms in total. The van der Waals surface area contributed by atoms with E-state index in [1.807, 2.05) is 71.6 Å². The largest absolute Gasteiger partial charge is 0.322 e. The molecule has 0 saturated carbocycles. The van der Waals surface area contributed by atoms with E-state index in [9.17, 15) is 9.59 Å². The molecule has 0 aliphatic carbocycles. The molecule has 1 N–H and O–H groups in total. The predicted octanol–water partition coefficient (Wildman–Crippen LogP) is 7.14. The van der Waals surface area contributed by atoms with Gasteiger partial charge in [-0.1, -0.05) is 83.1 Å². The summed E-state index contributed by atoms with van der Waals surface area (Å²) in [6.45, 7) is 10.7. The molecule has 0 spiro atoms. The second-order valence-electron chi connectivity index (χ2n) is 10.0. The van der Waals surface area contributed by atoms with Gasteiger partial charge in [-0.25, -0.2) is 0 Å². The van der Waals surface area contributed by atoms with Gasteiger partial charge < -0.3 is 5.32 Å². The van der Waals surface area contributed by atoms with Gasteiger partial charge in [-0.15, -0.1) is 11.8 Å². The van der Waals surface area contributed by atoms with Gasteiger partial charge in [0.2, 0.25) is 5.91 Å².